The van der Waals surface area contributed by atoms with Crippen LogP contribution in [0.1, 0.15) is 5.56 Å². The Hall–Kier alpha value is -2.87. The van der Waals surface area contributed by atoms with Crippen LogP contribution < -0.4 is 9.04 Å². The first-order valence-electron chi connectivity index (χ1n) is 7.34. The molecule has 2 rings (SSSR count). The fraction of sp³-hybridized carbons (Fsp3) is 0.176. The van der Waals surface area contributed by atoms with Gasteiger partial charge in [-0.1, -0.05) is 18.2 Å². The number of rotatable bonds is 7. The second-order valence-corrected chi connectivity index (χ2v) is 7.06. The zero-order valence-corrected chi connectivity index (χ0v) is 14.7. The van der Waals surface area contributed by atoms with E-state index in [0.29, 0.717) is 17.0 Å². The zero-order chi connectivity index (χ0) is 18.6. The van der Waals surface area contributed by atoms with Crippen molar-refractivity contribution in [3.8, 4) is 5.75 Å². The van der Waals surface area contributed by atoms with Crippen LogP contribution in [-0.2, 0) is 10.0 Å². The Kier molecular flexibility index (Phi) is 5.43. The predicted octanol–water partition coefficient (Wildman–Crippen LogP) is 3.29. The van der Waals surface area contributed by atoms with Crippen molar-refractivity contribution >= 4 is 21.4 Å². The van der Waals surface area contributed by atoms with E-state index in [1.54, 1.807) is 31.2 Å². The Morgan fingerprint density at radius 3 is 2.60 bits per heavy atom. The minimum Gasteiger partial charge on any atom is -0.497 e. The lowest BCUT2D eigenvalue weighted by atomic mass is 10.2. The van der Waals surface area contributed by atoms with Crippen LogP contribution in [0.2, 0.25) is 0 Å². The fourth-order valence-electron chi connectivity index (χ4n) is 2.32. The monoisotopic (exact) mass is 362 g/mol. The Bertz CT molecular complexity index is 909. The second-order valence-electron chi connectivity index (χ2n) is 5.23. The van der Waals surface area contributed by atoms with Crippen LogP contribution in [0.25, 0.3) is 0 Å². The summed E-state index contributed by atoms with van der Waals surface area (Å²) in [6.07, 6.45) is 1.45. The van der Waals surface area contributed by atoms with E-state index in [-0.39, 0.29) is 17.1 Å². The molecule has 25 heavy (non-hydrogen) atoms. The highest BCUT2D eigenvalue weighted by Crippen LogP contribution is 2.30. The molecule has 0 atom stereocenters. The molecule has 8 heteroatoms. The summed E-state index contributed by atoms with van der Waals surface area (Å²) in [6, 6.07) is 10.3. The van der Waals surface area contributed by atoms with Crippen LogP contribution in [0.5, 0.6) is 5.75 Å². The predicted molar refractivity (Wildman–Crippen MR) is 95.6 cm³/mol. The molecule has 2 aromatic rings. The number of sulfonamides is 1. The van der Waals surface area contributed by atoms with Crippen molar-refractivity contribution in [2.75, 3.05) is 18.0 Å². The number of benzene rings is 2. The smallest absolute Gasteiger partial charge is 0.270 e. The van der Waals surface area contributed by atoms with Crippen LogP contribution in [0.15, 0.2) is 60.0 Å². The second kappa shape index (κ2) is 7.35. The van der Waals surface area contributed by atoms with Crippen LogP contribution >= 0.6 is 0 Å². The van der Waals surface area contributed by atoms with E-state index in [2.05, 4.69) is 6.58 Å². The Morgan fingerprint density at radius 1 is 1.28 bits per heavy atom. The molecule has 0 amide bonds. The Labute approximate surface area is 146 Å². The van der Waals surface area contributed by atoms with Crippen molar-refractivity contribution in [3.63, 3.8) is 0 Å². The van der Waals surface area contributed by atoms with Gasteiger partial charge in [-0.2, -0.15) is 0 Å². The number of anilines is 1. The van der Waals surface area contributed by atoms with Gasteiger partial charge in [0.05, 0.1) is 29.2 Å². The molecule has 0 spiro atoms. The fourth-order valence-corrected chi connectivity index (χ4v) is 4.00. The van der Waals surface area contributed by atoms with Crippen LogP contribution in [0.4, 0.5) is 11.4 Å². The van der Waals surface area contributed by atoms with E-state index in [4.69, 9.17) is 4.74 Å². The summed E-state index contributed by atoms with van der Waals surface area (Å²) in [7, 11) is -2.54. The van der Waals surface area contributed by atoms with Gasteiger partial charge in [0.1, 0.15) is 5.75 Å². The van der Waals surface area contributed by atoms with Gasteiger partial charge in [-0.3, -0.25) is 14.4 Å². The van der Waals surface area contributed by atoms with Crippen molar-refractivity contribution in [1.29, 1.82) is 0 Å². The number of aryl methyl sites for hydroxylation is 1. The van der Waals surface area contributed by atoms with Gasteiger partial charge < -0.3 is 4.74 Å². The molecule has 0 aliphatic heterocycles. The van der Waals surface area contributed by atoms with Gasteiger partial charge in [0.2, 0.25) is 0 Å². The highest BCUT2D eigenvalue weighted by molar-refractivity contribution is 7.92. The lowest BCUT2D eigenvalue weighted by Gasteiger charge is -2.24. The van der Waals surface area contributed by atoms with E-state index >= 15 is 0 Å². The zero-order valence-electron chi connectivity index (χ0n) is 13.9. The van der Waals surface area contributed by atoms with Crippen LogP contribution in [-0.4, -0.2) is 27.0 Å². The maximum Gasteiger partial charge on any atom is 0.270 e. The van der Waals surface area contributed by atoms with Crippen LogP contribution in [0, 0.1) is 17.0 Å². The van der Waals surface area contributed by atoms with Gasteiger partial charge in [-0.15, -0.1) is 6.58 Å². The van der Waals surface area contributed by atoms with Gasteiger partial charge in [0.25, 0.3) is 15.7 Å². The van der Waals surface area contributed by atoms with Crippen molar-refractivity contribution in [1.82, 2.24) is 0 Å². The standard InChI is InChI=1S/C17H18N2O5S/c1-4-10-18(14-6-5-7-16(11-14)24-3)25(22,23)17-12-15(19(20)21)9-8-13(17)2/h4-9,11-12H,1,10H2,2-3H3. The van der Waals surface area contributed by atoms with E-state index < -0.39 is 14.9 Å². The van der Waals surface area contributed by atoms with E-state index in [0.717, 1.165) is 10.4 Å². The lowest BCUT2D eigenvalue weighted by molar-refractivity contribution is -0.385. The van der Waals surface area contributed by atoms with Gasteiger partial charge in [0.15, 0.2) is 0 Å². The summed E-state index contributed by atoms with van der Waals surface area (Å²) in [5.41, 5.74) is 0.515. The molecular weight excluding hydrogens is 344 g/mol. The Balaban J connectivity index is 2.62. The molecule has 0 aliphatic rings. The van der Waals surface area contributed by atoms with Crippen molar-refractivity contribution in [2.45, 2.75) is 11.8 Å². The maximum absolute atomic E-state index is 13.1. The number of nitro benzene ring substituents is 1. The number of ether oxygens (including phenoxy) is 1. The first-order valence-corrected chi connectivity index (χ1v) is 8.78. The first kappa shape index (κ1) is 18.5. The summed E-state index contributed by atoms with van der Waals surface area (Å²) in [5, 5.41) is 11.0. The molecule has 0 unspecified atom stereocenters. The lowest BCUT2D eigenvalue weighted by Crippen LogP contribution is -2.31. The SMILES string of the molecule is C=CCN(c1cccc(OC)c1)S(=O)(=O)c1cc([N+](=O)[O-])ccc1C. The summed E-state index contributed by atoms with van der Waals surface area (Å²) >= 11 is 0. The molecule has 0 saturated carbocycles. The summed E-state index contributed by atoms with van der Waals surface area (Å²) in [5.74, 6) is 0.498. The van der Waals surface area contributed by atoms with E-state index in [9.17, 15) is 18.5 Å². The third-order valence-corrected chi connectivity index (χ3v) is 5.52. The average molecular weight is 362 g/mol. The highest BCUT2D eigenvalue weighted by atomic mass is 32.2. The maximum atomic E-state index is 13.1. The van der Waals surface area contributed by atoms with Gasteiger partial charge in [0, 0.05) is 18.2 Å². The molecule has 0 aromatic heterocycles. The van der Waals surface area contributed by atoms with E-state index in [1.165, 1.54) is 25.3 Å². The van der Waals surface area contributed by atoms with Crippen molar-refractivity contribution < 1.29 is 18.1 Å². The molecule has 0 bridgehead atoms. The quantitative estimate of drug-likeness (QED) is 0.428. The van der Waals surface area contributed by atoms with Crippen LogP contribution in [0.3, 0.4) is 0 Å². The highest BCUT2D eigenvalue weighted by Gasteiger charge is 2.27. The molecular formula is C17H18N2O5S. The third-order valence-electron chi connectivity index (χ3n) is 3.59. The van der Waals surface area contributed by atoms with Gasteiger partial charge >= 0.3 is 0 Å². The van der Waals surface area contributed by atoms with E-state index in [1.807, 2.05) is 0 Å². The summed E-state index contributed by atoms with van der Waals surface area (Å²) in [4.78, 5) is 10.3. The minimum absolute atomic E-state index is 0.0115. The molecule has 0 N–H and O–H groups in total. The molecule has 2 aromatic carbocycles. The number of hydrogen-bond acceptors (Lipinski definition) is 5. The number of nitrogens with zero attached hydrogens (tertiary/aromatic N) is 2. The van der Waals surface area contributed by atoms with Gasteiger partial charge in [-0.25, -0.2) is 8.42 Å². The molecule has 0 heterocycles. The average Bonchev–Trinajstić information content (AvgIpc) is 2.59. The summed E-state index contributed by atoms with van der Waals surface area (Å²) in [6.45, 7) is 5.20. The largest absolute Gasteiger partial charge is 0.497 e. The van der Waals surface area contributed by atoms with Crippen molar-refractivity contribution in [3.05, 3.63) is 70.8 Å². The number of hydrogen-bond donors (Lipinski definition) is 0. The molecule has 0 radical (unpaired) electrons. The normalized spacial score (nSPS) is 11.0. The van der Waals surface area contributed by atoms with Gasteiger partial charge in [-0.05, 0) is 24.6 Å². The third kappa shape index (κ3) is 3.80. The molecule has 132 valence electrons. The van der Waals surface area contributed by atoms with Crippen molar-refractivity contribution in [2.24, 2.45) is 0 Å². The molecule has 0 saturated heterocycles. The Morgan fingerprint density at radius 2 is 2.00 bits per heavy atom. The number of methoxy groups -OCH3 is 1. The molecule has 7 nitrogen and oxygen atoms in total. The molecule has 0 aliphatic carbocycles. The number of nitro groups is 1. The first-order chi connectivity index (χ1) is 11.8. The minimum atomic E-state index is -4.03. The topological polar surface area (TPSA) is 89.8 Å². The molecule has 0 fully saturated rings. The summed E-state index contributed by atoms with van der Waals surface area (Å²) < 4.78 is 32.5. The number of non-ortho nitro benzene ring substituents is 1.